The molecule has 0 aromatic heterocycles. The lowest BCUT2D eigenvalue weighted by Crippen LogP contribution is -2.48. The van der Waals surface area contributed by atoms with Crippen LogP contribution in [0.1, 0.15) is 37.3 Å². The largest absolute Gasteiger partial charge is 0.478 e. The number of carbonyl (C=O) groups excluding carboxylic acids is 1. The number of sulfonamides is 1. The molecule has 1 saturated heterocycles. The van der Waals surface area contributed by atoms with Gasteiger partial charge < -0.3 is 10.1 Å². The van der Waals surface area contributed by atoms with E-state index in [1.807, 2.05) is 0 Å². The smallest absolute Gasteiger partial charge is 0.244 e. The van der Waals surface area contributed by atoms with Crippen LogP contribution in [-0.2, 0) is 26.1 Å². The van der Waals surface area contributed by atoms with Crippen LogP contribution in [-0.4, -0.2) is 43.7 Å². The van der Waals surface area contributed by atoms with Gasteiger partial charge in [0.05, 0.1) is 11.5 Å². The van der Waals surface area contributed by atoms with Gasteiger partial charge in [0.2, 0.25) is 21.8 Å². The Balaban J connectivity index is 2.00. The lowest BCUT2D eigenvalue weighted by molar-refractivity contribution is -0.124. The molecule has 0 spiro atoms. The standard InChI is InChI=1S/C22H25ClFN3O4S/c1-2-31-21(25)15-6-7-16(19(24)13-15)14-27(20-5-3-4-12-26-22(20)28)32(29,30)18-10-8-17(23)9-11-18/h6-11,13,20,25H,2-5,12,14H2,1H3,(H,26,28)/t20-/m1/s1. The van der Waals surface area contributed by atoms with E-state index in [1.54, 1.807) is 6.92 Å². The van der Waals surface area contributed by atoms with E-state index in [-0.39, 0.29) is 35.1 Å². The van der Waals surface area contributed by atoms with Gasteiger partial charge in [0.1, 0.15) is 11.9 Å². The number of nitrogens with zero attached hydrogens (tertiary/aromatic N) is 1. The van der Waals surface area contributed by atoms with Crippen molar-refractivity contribution in [3.8, 4) is 0 Å². The summed E-state index contributed by atoms with van der Waals surface area (Å²) in [6, 6.07) is 8.70. The van der Waals surface area contributed by atoms with E-state index < -0.39 is 27.8 Å². The molecule has 3 rings (SSSR count). The van der Waals surface area contributed by atoms with Crippen molar-refractivity contribution < 1.29 is 22.3 Å². The number of ether oxygens (including phenoxy) is 1. The number of benzene rings is 2. The van der Waals surface area contributed by atoms with E-state index >= 15 is 0 Å². The molecule has 172 valence electrons. The van der Waals surface area contributed by atoms with Gasteiger partial charge in [-0.05, 0) is 62.6 Å². The Hall–Kier alpha value is -2.49. The van der Waals surface area contributed by atoms with Crippen molar-refractivity contribution in [2.24, 2.45) is 0 Å². The minimum atomic E-state index is -4.14. The summed E-state index contributed by atoms with van der Waals surface area (Å²) in [6.07, 6.45) is 1.72. The first-order valence-corrected chi connectivity index (χ1v) is 12.1. The van der Waals surface area contributed by atoms with E-state index in [0.29, 0.717) is 24.4 Å². The highest BCUT2D eigenvalue weighted by Crippen LogP contribution is 2.27. The van der Waals surface area contributed by atoms with Gasteiger partial charge in [0.25, 0.3) is 0 Å². The highest BCUT2D eigenvalue weighted by Gasteiger charge is 2.37. The minimum absolute atomic E-state index is 0.0332. The zero-order valence-electron chi connectivity index (χ0n) is 17.6. The Morgan fingerprint density at radius 1 is 1.25 bits per heavy atom. The first-order valence-electron chi connectivity index (χ1n) is 10.3. The molecular formula is C22H25ClFN3O4S. The van der Waals surface area contributed by atoms with Crippen molar-refractivity contribution in [1.82, 2.24) is 9.62 Å². The molecule has 2 aromatic rings. The summed E-state index contributed by atoms with van der Waals surface area (Å²) in [5, 5.41) is 10.9. The van der Waals surface area contributed by atoms with Crippen LogP contribution >= 0.6 is 11.6 Å². The second-order valence-corrected chi connectivity index (χ2v) is 9.70. The number of hydrogen-bond acceptors (Lipinski definition) is 5. The Kier molecular flexibility index (Phi) is 7.86. The van der Waals surface area contributed by atoms with E-state index in [2.05, 4.69) is 5.32 Å². The molecule has 1 aliphatic heterocycles. The molecule has 0 bridgehead atoms. The molecule has 0 radical (unpaired) electrons. The van der Waals surface area contributed by atoms with Crippen LogP contribution in [0.2, 0.25) is 5.02 Å². The third kappa shape index (κ3) is 5.46. The van der Waals surface area contributed by atoms with Gasteiger partial charge in [-0.1, -0.05) is 17.7 Å². The Morgan fingerprint density at radius 2 is 1.97 bits per heavy atom. The lowest BCUT2D eigenvalue weighted by Gasteiger charge is -2.29. The van der Waals surface area contributed by atoms with Crippen molar-refractivity contribution >= 4 is 33.4 Å². The molecule has 1 heterocycles. The highest BCUT2D eigenvalue weighted by atomic mass is 35.5. The van der Waals surface area contributed by atoms with Crippen molar-refractivity contribution in [2.75, 3.05) is 13.2 Å². The topological polar surface area (TPSA) is 99.6 Å². The average Bonchev–Trinajstić information content (AvgIpc) is 2.97. The zero-order valence-corrected chi connectivity index (χ0v) is 19.2. The number of hydrogen-bond donors (Lipinski definition) is 2. The fourth-order valence-electron chi connectivity index (χ4n) is 3.51. The summed E-state index contributed by atoms with van der Waals surface area (Å²) in [5.74, 6) is -1.26. The molecule has 0 unspecified atom stereocenters. The van der Waals surface area contributed by atoms with Crippen molar-refractivity contribution in [1.29, 1.82) is 5.41 Å². The quantitative estimate of drug-likeness (QED) is 0.465. The number of halogens is 2. The maximum atomic E-state index is 14.9. The predicted molar refractivity (Wildman–Crippen MR) is 120 cm³/mol. The summed E-state index contributed by atoms with van der Waals surface area (Å²) in [6.45, 7) is 2.12. The van der Waals surface area contributed by atoms with E-state index in [9.17, 15) is 17.6 Å². The number of amides is 1. The van der Waals surface area contributed by atoms with E-state index in [4.69, 9.17) is 21.7 Å². The second-order valence-electron chi connectivity index (χ2n) is 7.38. The first-order chi connectivity index (χ1) is 15.2. The van der Waals surface area contributed by atoms with Crippen LogP contribution in [0.5, 0.6) is 0 Å². The van der Waals surface area contributed by atoms with Gasteiger partial charge in [-0.25, -0.2) is 12.8 Å². The molecule has 7 nitrogen and oxygen atoms in total. The summed E-state index contributed by atoms with van der Waals surface area (Å²) in [7, 11) is -4.14. The fourth-order valence-corrected chi connectivity index (χ4v) is 5.24. The van der Waals surface area contributed by atoms with E-state index in [0.717, 1.165) is 16.8 Å². The summed E-state index contributed by atoms with van der Waals surface area (Å²) < 4.78 is 48.1. The van der Waals surface area contributed by atoms with Crippen LogP contribution in [0.25, 0.3) is 0 Å². The molecule has 2 N–H and O–H groups in total. The van der Waals surface area contributed by atoms with Crippen LogP contribution in [0.15, 0.2) is 47.4 Å². The minimum Gasteiger partial charge on any atom is -0.478 e. The molecule has 1 atom stereocenters. The number of rotatable bonds is 7. The SMILES string of the molecule is CCOC(=N)c1ccc(CN([C@@H]2CCCCNC2=O)S(=O)(=O)c2ccc(Cl)cc2)c(F)c1. The summed E-state index contributed by atoms with van der Waals surface area (Å²) in [5.41, 5.74) is 0.333. The Bertz CT molecular complexity index is 1090. The maximum absolute atomic E-state index is 14.9. The van der Waals surface area contributed by atoms with Gasteiger partial charge in [0.15, 0.2) is 0 Å². The lowest BCUT2D eigenvalue weighted by atomic mass is 10.1. The fraction of sp³-hybridized carbons (Fsp3) is 0.364. The van der Waals surface area contributed by atoms with Crippen LogP contribution in [0.3, 0.4) is 0 Å². The van der Waals surface area contributed by atoms with Gasteiger partial charge >= 0.3 is 0 Å². The molecular weight excluding hydrogens is 457 g/mol. The predicted octanol–water partition coefficient (Wildman–Crippen LogP) is 3.70. The highest BCUT2D eigenvalue weighted by molar-refractivity contribution is 7.89. The van der Waals surface area contributed by atoms with Gasteiger partial charge in [-0.3, -0.25) is 10.2 Å². The van der Waals surface area contributed by atoms with Gasteiger partial charge in [-0.2, -0.15) is 4.31 Å². The summed E-state index contributed by atoms with van der Waals surface area (Å²) >= 11 is 5.90. The molecule has 0 saturated carbocycles. The van der Waals surface area contributed by atoms with Crippen LogP contribution in [0.4, 0.5) is 4.39 Å². The van der Waals surface area contributed by atoms with Gasteiger partial charge in [-0.15, -0.1) is 0 Å². The normalized spacial score (nSPS) is 17.0. The average molecular weight is 482 g/mol. The molecule has 2 aromatic carbocycles. The third-order valence-corrected chi connectivity index (χ3v) is 7.33. The monoisotopic (exact) mass is 481 g/mol. The molecule has 10 heteroatoms. The second kappa shape index (κ2) is 10.4. The molecule has 32 heavy (non-hydrogen) atoms. The van der Waals surface area contributed by atoms with Crippen molar-refractivity contribution in [2.45, 2.75) is 43.7 Å². The van der Waals surface area contributed by atoms with Crippen LogP contribution < -0.4 is 5.32 Å². The third-order valence-electron chi connectivity index (χ3n) is 5.20. The van der Waals surface area contributed by atoms with E-state index in [1.165, 1.54) is 36.4 Å². The van der Waals surface area contributed by atoms with Gasteiger partial charge in [0, 0.05) is 29.2 Å². The molecule has 1 fully saturated rings. The molecule has 1 amide bonds. The van der Waals surface area contributed by atoms with Crippen molar-refractivity contribution in [3.63, 3.8) is 0 Å². The molecule has 0 aliphatic carbocycles. The molecule has 1 aliphatic rings. The van der Waals surface area contributed by atoms with Crippen molar-refractivity contribution in [3.05, 3.63) is 64.4 Å². The zero-order chi connectivity index (χ0) is 23.3. The number of carbonyl (C=O) groups is 1. The maximum Gasteiger partial charge on any atom is 0.244 e. The Morgan fingerprint density at radius 3 is 2.62 bits per heavy atom. The summed E-state index contributed by atoms with van der Waals surface area (Å²) in [4.78, 5) is 12.7. The first kappa shape index (κ1) is 24.2. The number of nitrogens with one attached hydrogen (secondary N) is 2. The Labute approximate surface area is 192 Å². The van der Waals surface area contributed by atoms with Crippen LogP contribution in [0, 0.1) is 11.2 Å².